The Morgan fingerprint density at radius 1 is 1.11 bits per heavy atom. The summed E-state index contributed by atoms with van der Waals surface area (Å²) in [6.45, 7) is 8.27. The number of urea groups is 1. The van der Waals surface area contributed by atoms with Gasteiger partial charge in [0.05, 0.1) is 0 Å². The Bertz CT molecular complexity index is 760. The number of halogens is 1. The first kappa shape index (κ1) is 20.1. The second-order valence-electron chi connectivity index (χ2n) is 6.94. The Hall–Kier alpha value is -2.67. The Labute approximate surface area is 165 Å². The average Bonchev–Trinajstić information content (AvgIpc) is 2.73. The molecule has 1 saturated heterocycles. The molecule has 1 aliphatic rings. The third kappa shape index (κ3) is 5.92. The molecule has 3 rings (SSSR count). The van der Waals surface area contributed by atoms with E-state index in [9.17, 15) is 9.18 Å². The summed E-state index contributed by atoms with van der Waals surface area (Å²) >= 11 is 0. The zero-order valence-corrected chi connectivity index (χ0v) is 16.3. The van der Waals surface area contributed by atoms with Gasteiger partial charge in [0.15, 0.2) is 0 Å². The molecule has 7 heteroatoms. The largest absolute Gasteiger partial charge is 0.354 e. The average molecular weight is 385 g/mol. The molecule has 1 aliphatic heterocycles. The monoisotopic (exact) mass is 385 g/mol. The minimum atomic E-state index is -0.259. The Balaban J connectivity index is 1.38. The van der Waals surface area contributed by atoms with Gasteiger partial charge in [0.2, 0.25) is 0 Å². The standard InChI is InChI=1S/C21H28FN5O/c1-2-26-10-12-27(13-11-26)20-7-6-18(15-24-20)16-25-21(28)23-9-8-17-4-3-5-19(22)14-17/h3-7,14-15H,2,8-13,16H2,1H3,(H2,23,25,28). The lowest BCUT2D eigenvalue weighted by molar-refractivity contribution is 0.240. The van der Waals surface area contributed by atoms with Crippen molar-refractivity contribution in [1.29, 1.82) is 0 Å². The first-order valence-electron chi connectivity index (χ1n) is 9.82. The van der Waals surface area contributed by atoms with E-state index in [4.69, 9.17) is 0 Å². The fraction of sp³-hybridized carbons (Fsp3) is 0.429. The van der Waals surface area contributed by atoms with E-state index < -0.39 is 0 Å². The van der Waals surface area contributed by atoms with Crippen LogP contribution in [0.3, 0.4) is 0 Å². The maximum absolute atomic E-state index is 13.1. The number of carbonyl (C=O) groups excluding carboxylic acids is 1. The number of amides is 2. The number of rotatable bonds is 7. The number of pyridine rings is 1. The van der Waals surface area contributed by atoms with Crippen molar-refractivity contribution in [1.82, 2.24) is 20.5 Å². The second-order valence-corrected chi connectivity index (χ2v) is 6.94. The van der Waals surface area contributed by atoms with Crippen LogP contribution in [-0.2, 0) is 13.0 Å². The van der Waals surface area contributed by atoms with E-state index in [0.717, 1.165) is 49.7 Å². The summed E-state index contributed by atoms with van der Waals surface area (Å²) in [6, 6.07) is 10.2. The summed E-state index contributed by atoms with van der Waals surface area (Å²) in [4.78, 5) is 21.2. The highest BCUT2D eigenvalue weighted by atomic mass is 19.1. The molecule has 0 atom stereocenters. The van der Waals surface area contributed by atoms with Gasteiger partial charge < -0.3 is 20.4 Å². The van der Waals surface area contributed by atoms with Crippen molar-refractivity contribution in [2.24, 2.45) is 0 Å². The van der Waals surface area contributed by atoms with Crippen molar-refractivity contribution in [3.63, 3.8) is 0 Å². The molecule has 1 fully saturated rings. The van der Waals surface area contributed by atoms with Crippen molar-refractivity contribution in [2.45, 2.75) is 19.9 Å². The summed E-state index contributed by atoms with van der Waals surface area (Å²) < 4.78 is 13.1. The van der Waals surface area contributed by atoms with Gasteiger partial charge in [-0.15, -0.1) is 0 Å². The number of hydrogen-bond acceptors (Lipinski definition) is 4. The molecule has 0 aliphatic carbocycles. The maximum Gasteiger partial charge on any atom is 0.315 e. The van der Waals surface area contributed by atoms with Crippen LogP contribution in [0.15, 0.2) is 42.6 Å². The molecule has 0 saturated carbocycles. The van der Waals surface area contributed by atoms with Crippen LogP contribution in [0.1, 0.15) is 18.1 Å². The molecule has 0 radical (unpaired) electrons. The second kappa shape index (κ2) is 10.0. The SMILES string of the molecule is CCN1CCN(c2ccc(CNC(=O)NCCc3cccc(F)c3)cn2)CC1. The lowest BCUT2D eigenvalue weighted by Crippen LogP contribution is -2.46. The minimum absolute atomic E-state index is 0.240. The Kier molecular flexibility index (Phi) is 7.19. The van der Waals surface area contributed by atoms with E-state index in [1.54, 1.807) is 6.07 Å². The van der Waals surface area contributed by atoms with Gasteiger partial charge in [-0.2, -0.15) is 0 Å². The molecule has 2 amide bonds. The Morgan fingerprint density at radius 3 is 2.61 bits per heavy atom. The predicted octanol–water partition coefficient (Wildman–Crippen LogP) is 2.40. The van der Waals surface area contributed by atoms with E-state index in [1.807, 2.05) is 24.4 Å². The molecule has 2 N–H and O–H groups in total. The van der Waals surface area contributed by atoms with Crippen LogP contribution in [0.5, 0.6) is 0 Å². The van der Waals surface area contributed by atoms with Crippen LogP contribution in [0.4, 0.5) is 15.0 Å². The summed E-state index contributed by atoms with van der Waals surface area (Å²) in [5.74, 6) is 0.726. The Morgan fingerprint density at radius 2 is 1.93 bits per heavy atom. The molecule has 2 heterocycles. The molecule has 0 bridgehead atoms. The van der Waals surface area contributed by atoms with Crippen LogP contribution in [0, 0.1) is 5.82 Å². The molecule has 6 nitrogen and oxygen atoms in total. The highest BCUT2D eigenvalue weighted by Gasteiger charge is 2.16. The van der Waals surface area contributed by atoms with Crippen LogP contribution in [0.25, 0.3) is 0 Å². The summed E-state index contributed by atoms with van der Waals surface area (Å²) in [7, 11) is 0. The lowest BCUT2D eigenvalue weighted by Gasteiger charge is -2.34. The molecular weight excluding hydrogens is 357 g/mol. The van der Waals surface area contributed by atoms with Crippen molar-refractivity contribution in [3.8, 4) is 0 Å². The lowest BCUT2D eigenvalue weighted by atomic mass is 10.1. The third-order valence-electron chi connectivity index (χ3n) is 4.99. The number of nitrogens with one attached hydrogen (secondary N) is 2. The van der Waals surface area contributed by atoms with Gasteiger partial charge in [0.1, 0.15) is 11.6 Å². The van der Waals surface area contributed by atoms with Crippen molar-refractivity contribution >= 4 is 11.8 Å². The first-order chi connectivity index (χ1) is 13.6. The normalized spacial score (nSPS) is 14.7. The molecule has 1 aromatic heterocycles. The van der Waals surface area contributed by atoms with Gasteiger partial charge in [-0.1, -0.05) is 25.1 Å². The van der Waals surface area contributed by atoms with Crippen LogP contribution in [0.2, 0.25) is 0 Å². The molecule has 1 aromatic carbocycles. The number of carbonyl (C=O) groups is 1. The topological polar surface area (TPSA) is 60.5 Å². The van der Waals surface area contributed by atoms with Gasteiger partial charge in [-0.25, -0.2) is 14.2 Å². The van der Waals surface area contributed by atoms with Crippen LogP contribution >= 0.6 is 0 Å². The van der Waals surface area contributed by atoms with Gasteiger partial charge in [0, 0.05) is 45.5 Å². The highest BCUT2D eigenvalue weighted by molar-refractivity contribution is 5.73. The number of benzene rings is 1. The first-order valence-corrected chi connectivity index (χ1v) is 9.82. The highest BCUT2D eigenvalue weighted by Crippen LogP contribution is 2.14. The molecule has 150 valence electrons. The molecular formula is C21H28FN5O. The smallest absolute Gasteiger partial charge is 0.315 e. The summed E-state index contributed by atoms with van der Waals surface area (Å²) in [6.07, 6.45) is 2.40. The predicted molar refractivity (Wildman–Crippen MR) is 109 cm³/mol. The van der Waals surface area contributed by atoms with Crippen LogP contribution < -0.4 is 15.5 Å². The number of likely N-dealkylation sites (N-methyl/N-ethyl adjacent to an activating group) is 1. The van der Waals surface area contributed by atoms with E-state index in [0.29, 0.717) is 19.5 Å². The zero-order chi connectivity index (χ0) is 19.8. The van der Waals surface area contributed by atoms with Gasteiger partial charge in [0.25, 0.3) is 0 Å². The van der Waals surface area contributed by atoms with Gasteiger partial charge in [-0.05, 0) is 42.3 Å². The minimum Gasteiger partial charge on any atom is -0.354 e. The zero-order valence-electron chi connectivity index (χ0n) is 16.3. The van der Waals surface area contributed by atoms with Crippen molar-refractivity contribution in [2.75, 3.05) is 44.2 Å². The number of piperazine rings is 1. The summed E-state index contributed by atoms with van der Waals surface area (Å²) in [5.41, 5.74) is 1.82. The summed E-state index contributed by atoms with van der Waals surface area (Å²) in [5, 5.41) is 5.61. The van der Waals surface area contributed by atoms with E-state index >= 15 is 0 Å². The molecule has 28 heavy (non-hydrogen) atoms. The van der Waals surface area contributed by atoms with E-state index in [-0.39, 0.29) is 11.8 Å². The van der Waals surface area contributed by atoms with Gasteiger partial charge in [-0.3, -0.25) is 0 Å². The molecule has 0 spiro atoms. The number of nitrogens with zero attached hydrogens (tertiary/aromatic N) is 3. The van der Waals surface area contributed by atoms with E-state index in [1.165, 1.54) is 12.1 Å². The molecule has 2 aromatic rings. The number of aromatic nitrogens is 1. The number of anilines is 1. The maximum atomic E-state index is 13.1. The van der Waals surface area contributed by atoms with Crippen molar-refractivity contribution in [3.05, 3.63) is 59.5 Å². The fourth-order valence-corrected chi connectivity index (χ4v) is 3.26. The van der Waals surface area contributed by atoms with E-state index in [2.05, 4.69) is 32.3 Å². The third-order valence-corrected chi connectivity index (χ3v) is 4.99. The quantitative estimate of drug-likeness (QED) is 0.768. The molecule has 0 unspecified atom stereocenters. The van der Waals surface area contributed by atoms with Crippen LogP contribution in [-0.4, -0.2) is 55.2 Å². The number of hydrogen-bond donors (Lipinski definition) is 2. The van der Waals surface area contributed by atoms with Crippen molar-refractivity contribution < 1.29 is 9.18 Å². The fourth-order valence-electron chi connectivity index (χ4n) is 3.26. The van der Waals surface area contributed by atoms with Gasteiger partial charge >= 0.3 is 6.03 Å².